The van der Waals surface area contributed by atoms with Crippen molar-refractivity contribution >= 4 is 23.1 Å². The van der Waals surface area contributed by atoms with E-state index in [0.29, 0.717) is 5.92 Å². The Morgan fingerprint density at radius 1 is 1.11 bits per heavy atom. The molecule has 1 amide bonds. The van der Waals surface area contributed by atoms with Gasteiger partial charge in [-0.2, -0.15) is 0 Å². The first-order valence-corrected chi connectivity index (χ1v) is 10.0. The van der Waals surface area contributed by atoms with Crippen LogP contribution in [0.2, 0.25) is 0 Å². The maximum absolute atomic E-state index is 13.0. The Kier molecular flexibility index (Phi) is 5.29. The molecule has 2 heterocycles. The van der Waals surface area contributed by atoms with E-state index < -0.39 is 0 Å². The second-order valence-electron chi connectivity index (χ2n) is 7.80. The van der Waals surface area contributed by atoms with E-state index in [-0.39, 0.29) is 11.9 Å². The average Bonchev–Trinajstić information content (AvgIpc) is 3.17. The van der Waals surface area contributed by atoms with Crippen LogP contribution in [0.4, 0.5) is 0 Å². The van der Waals surface area contributed by atoms with E-state index in [4.69, 9.17) is 0 Å². The van der Waals surface area contributed by atoms with Crippen LogP contribution in [0.3, 0.4) is 0 Å². The van der Waals surface area contributed by atoms with Crippen LogP contribution in [0, 0.1) is 5.92 Å². The SMILES string of the molecule is CC(C=O)n1ccc2cc(C(=O)N3CCC(Cc4ccccc4)CC3)ccc21. The summed E-state index contributed by atoms with van der Waals surface area (Å²) in [6.45, 7) is 3.50. The summed E-state index contributed by atoms with van der Waals surface area (Å²) in [5.74, 6) is 0.754. The summed E-state index contributed by atoms with van der Waals surface area (Å²) in [5, 5.41) is 0.999. The topological polar surface area (TPSA) is 42.3 Å². The quantitative estimate of drug-likeness (QED) is 0.617. The van der Waals surface area contributed by atoms with E-state index in [1.165, 1.54) is 5.56 Å². The van der Waals surface area contributed by atoms with Gasteiger partial charge in [0, 0.05) is 35.8 Å². The van der Waals surface area contributed by atoms with Crippen molar-refractivity contribution in [2.45, 2.75) is 32.2 Å². The van der Waals surface area contributed by atoms with Gasteiger partial charge in [0.1, 0.15) is 6.29 Å². The summed E-state index contributed by atoms with van der Waals surface area (Å²) in [5.41, 5.74) is 3.09. The molecule has 1 atom stereocenters. The fourth-order valence-corrected chi connectivity index (χ4v) is 4.19. The molecule has 28 heavy (non-hydrogen) atoms. The molecular weight excluding hydrogens is 348 g/mol. The van der Waals surface area contributed by atoms with Crippen LogP contribution < -0.4 is 0 Å². The number of aromatic nitrogens is 1. The fraction of sp³-hybridized carbons (Fsp3) is 0.333. The largest absolute Gasteiger partial charge is 0.339 e. The number of hydrogen-bond acceptors (Lipinski definition) is 2. The van der Waals surface area contributed by atoms with Crippen molar-refractivity contribution < 1.29 is 9.59 Å². The smallest absolute Gasteiger partial charge is 0.253 e. The number of hydrogen-bond donors (Lipinski definition) is 0. The molecule has 1 aliphatic rings. The van der Waals surface area contributed by atoms with Gasteiger partial charge < -0.3 is 14.3 Å². The highest BCUT2D eigenvalue weighted by molar-refractivity contribution is 5.98. The summed E-state index contributed by atoms with van der Waals surface area (Å²) in [7, 11) is 0. The molecule has 2 aromatic carbocycles. The van der Waals surface area contributed by atoms with Crippen LogP contribution in [-0.2, 0) is 11.2 Å². The van der Waals surface area contributed by atoms with Crippen molar-refractivity contribution in [3.63, 3.8) is 0 Å². The number of benzene rings is 2. The molecule has 4 heteroatoms. The molecule has 3 aromatic rings. The molecule has 4 rings (SSSR count). The summed E-state index contributed by atoms with van der Waals surface area (Å²) in [6.07, 6.45) is 6.04. The molecule has 4 nitrogen and oxygen atoms in total. The maximum Gasteiger partial charge on any atom is 0.253 e. The van der Waals surface area contributed by atoms with Crippen molar-refractivity contribution in [3.05, 3.63) is 71.9 Å². The van der Waals surface area contributed by atoms with Crippen LogP contribution in [0.25, 0.3) is 10.9 Å². The molecule has 144 valence electrons. The molecule has 1 saturated heterocycles. The predicted molar refractivity (Wildman–Crippen MR) is 111 cm³/mol. The van der Waals surface area contributed by atoms with E-state index in [0.717, 1.165) is 55.1 Å². The van der Waals surface area contributed by atoms with E-state index >= 15 is 0 Å². The third kappa shape index (κ3) is 3.72. The number of rotatable bonds is 5. The minimum atomic E-state index is -0.206. The lowest BCUT2D eigenvalue weighted by Gasteiger charge is -2.32. The molecule has 1 unspecified atom stereocenters. The summed E-state index contributed by atoms with van der Waals surface area (Å²) in [6, 6.07) is 18.1. The van der Waals surface area contributed by atoms with Gasteiger partial charge >= 0.3 is 0 Å². The van der Waals surface area contributed by atoms with Crippen LogP contribution in [0.15, 0.2) is 60.8 Å². The number of amides is 1. The van der Waals surface area contributed by atoms with Crippen molar-refractivity contribution in [2.75, 3.05) is 13.1 Å². The minimum absolute atomic E-state index is 0.108. The molecule has 0 spiro atoms. The van der Waals surface area contributed by atoms with Crippen LogP contribution in [0.1, 0.15) is 41.7 Å². The Balaban J connectivity index is 1.42. The van der Waals surface area contributed by atoms with Gasteiger partial charge in [0.25, 0.3) is 5.91 Å². The van der Waals surface area contributed by atoms with Crippen molar-refractivity contribution in [1.82, 2.24) is 9.47 Å². The zero-order valence-corrected chi connectivity index (χ0v) is 16.3. The highest BCUT2D eigenvalue weighted by Gasteiger charge is 2.24. The monoisotopic (exact) mass is 374 g/mol. The Morgan fingerprint density at radius 2 is 1.86 bits per heavy atom. The number of aldehydes is 1. The van der Waals surface area contributed by atoms with Gasteiger partial charge in [-0.25, -0.2) is 0 Å². The Bertz CT molecular complexity index is 969. The summed E-state index contributed by atoms with van der Waals surface area (Å²) in [4.78, 5) is 26.0. The van der Waals surface area contributed by atoms with E-state index in [1.54, 1.807) is 0 Å². The van der Waals surface area contributed by atoms with Gasteiger partial charge in [0.2, 0.25) is 0 Å². The number of carbonyl (C=O) groups excluding carboxylic acids is 2. The number of piperidine rings is 1. The second kappa shape index (κ2) is 8.01. The zero-order chi connectivity index (χ0) is 19.5. The maximum atomic E-state index is 13.0. The number of carbonyl (C=O) groups is 2. The van der Waals surface area contributed by atoms with Gasteiger partial charge in [-0.05, 0) is 61.9 Å². The number of nitrogens with zero attached hydrogens (tertiary/aromatic N) is 2. The van der Waals surface area contributed by atoms with E-state index in [2.05, 4.69) is 30.3 Å². The molecule has 0 aliphatic carbocycles. The molecule has 0 bridgehead atoms. The van der Waals surface area contributed by atoms with Gasteiger partial charge in [-0.3, -0.25) is 4.79 Å². The normalized spacial score (nSPS) is 16.2. The third-order valence-corrected chi connectivity index (χ3v) is 5.87. The van der Waals surface area contributed by atoms with E-state index in [1.807, 2.05) is 46.9 Å². The van der Waals surface area contributed by atoms with Crippen LogP contribution in [-0.4, -0.2) is 34.7 Å². The zero-order valence-electron chi connectivity index (χ0n) is 16.3. The van der Waals surface area contributed by atoms with Crippen molar-refractivity contribution in [1.29, 1.82) is 0 Å². The molecule has 1 aromatic heterocycles. The molecule has 0 N–H and O–H groups in total. The van der Waals surface area contributed by atoms with E-state index in [9.17, 15) is 9.59 Å². The molecule has 1 fully saturated rings. The molecule has 0 radical (unpaired) electrons. The van der Waals surface area contributed by atoms with Gasteiger partial charge in [0.15, 0.2) is 0 Å². The van der Waals surface area contributed by atoms with Gasteiger partial charge in [-0.1, -0.05) is 30.3 Å². The molecular formula is C24H26N2O2. The highest BCUT2D eigenvalue weighted by Crippen LogP contribution is 2.25. The van der Waals surface area contributed by atoms with Crippen LogP contribution in [0.5, 0.6) is 0 Å². The summed E-state index contributed by atoms with van der Waals surface area (Å²) >= 11 is 0. The Hall–Kier alpha value is -2.88. The number of likely N-dealkylation sites (tertiary alicyclic amines) is 1. The molecule has 1 aliphatic heterocycles. The lowest BCUT2D eigenvalue weighted by Crippen LogP contribution is -2.38. The average molecular weight is 374 g/mol. The first-order chi connectivity index (χ1) is 13.7. The van der Waals surface area contributed by atoms with Gasteiger partial charge in [0.05, 0.1) is 6.04 Å². The van der Waals surface area contributed by atoms with Crippen molar-refractivity contribution in [2.24, 2.45) is 5.92 Å². The second-order valence-corrected chi connectivity index (χ2v) is 7.80. The Morgan fingerprint density at radius 3 is 2.57 bits per heavy atom. The lowest BCUT2D eigenvalue weighted by molar-refractivity contribution is -0.110. The first-order valence-electron chi connectivity index (χ1n) is 10.0. The predicted octanol–water partition coefficient (Wildman–Crippen LogP) is 4.50. The van der Waals surface area contributed by atoms with Crippen LogP contribution >= 0.6 is 0 Å². The fourth-order valence-electron chi connectivity index (χ4n) is 4.19. The van der Waals surface area contributed by atoms with Crippen molar-refractivity contribution in [3.8, 4) is 0 Å². The number of fused-ring (bicyclic) bond motifs is 1. The molecule has 0 saturated carbocycles. The minimum Gasteiger partial charge on any atom is -0.339 e. The summed E-state index contributed by atoms with van der Waals surface area (Å²) < 4.78 is 1.94. The standard InChI is InChI=1S/C24H26N2O2/c1-18(17-27)26-14-11-21-16-22(7-8-23(21)26)24(28)25-12-9-20(10-13-25)15-19-5-3-2-4-6-19/h2-8,11,14,16-18,20H,9-10,12-13,15H2,1H3. The third-order valence-electron chi connectivity index (χ3n) is 5.87. The highest BCUT2D eigenvalue weighted by atomic mass is 16.2. The van der Waals surface area contributed by atoms with Gasteiger partial charge in [-0.15, -0.1) is 0 Å². The first kappa shape index (κ1) is 18.5. The lowest BCUT2D eigenvalue weighted by atomic mass is 9.90. The Labute approximate surface area is 165 Å².